The summed E-state index contributed by atoms with van der Waals surface area (Å²) in [5.41, 5.74) is 1.41. The third kappa shape index (κ3) is 3.56. The number of nitrogens with one attached hydrogen (secondary N) is 1. The summed E-state index contributed by atoms with van der Waals surface area (Å²) in [6, 6.07) is 5.30. The van der Waals surface area contributed by atoms with Gasteiger partial charge in [0.1, 0.15) is 5.82 Å². The summed E-state index contributed by atoms with van der Waals surface area (Å²) in [4.78, 5) is 2.46. The monoisotopic (exact) mass is 328 g/mol. The summed E-state index contributed by atoms with van der Waals surface area (Å²) in [6.45, 7) is 8.53. The highest BCUT2D eigenvalue weighted by Crippen LogP contribution is 2.23. The van der Waals surface area contributed by atoms with Gasteiger partial charge in [0.2, 0.25) is 0 Å². The molecule has 2 nitrogen and oxygen atoms in total. The van der Waals surface area contributed by atoms with Crippen LogP contribution in [0.1, 0.15) is 32.3 Å². The molecule has 0 aromatic heterocycles. The highest BCUT2D eigenvalue weighted by molar-refractivity contribution is 9.10. The highest BCUT2D eigenvalue weighted by Gasteiger charge is 2.31. The zero-order valence-corrected chi connectivity index (χ0v) is 13.3. The van der Waals surface area contributed by atoms with Gasteiger partial charge in [-0.3, -0.25) is 4.90 Å². The van der Waals surface area contributed by atoms with Gasteiger partial charge in [-0.2, -0.15) is 0 Å². The Kier molecular flexibility index (Phi) is 4.98. The van der Waals surface area contributed by atoms with Crippen LogP contribution >= 0.6 is 15.9 Å². The van der Waals surface area contributed by atoms with E-state index in [0.717, 1.165) is 44.6 Å². The van der Waals surface area contributed by atoms with Crippen molar-refractivity contribution < 1.29 is 4.39 Å². The Morgan fingerprint density at radius 1 is 1.37 bits per heavy atom. The van der Waals surface area contributed by atoms with Gasteiger partial charge in [-0.15, -0.1) is 0 Å². The molecule has 0 amide bonds. The molecular weight excluding hydrogens is 307 g/mol. The van der Waals surface area contributed by atoms with Crippen LogP contribution in [0.5, 0.6) is 0 Å². The van der Waals surface area contributed by atoms with E-state index in [4.69, 9.17) is 0 Å². The minimum Gasteiger partial charge on any atom is -0.309 e. The first kappa shape index (κ1) is 14.9. The summed E-state index contributed by atoms with van der Waals surface area (Å²) < 4.78 is 13.8. The fraction of sp³-hybridized carbons (Fsp3) is 0.600. The van der Waals surface area contributed by atoms with E-state index in [1.165, 1.54) is 6.07 Å². The van der Waals surface area contributed by atoms with E-state index in [2.05, 4.69) is 40.0 Å². The van der Waals surface area contributed by atoms with Crippen LogP contribution in [-0.2, 0) is 6.54 Å². The Balaban J connectivity index is 2.04. The standard InChI is InChI=1S/C15H22BrFN2/c1-3-15(4-2)11-19(8-7-18-15)10-12-5-6-14(17)13(16)9-12/h5-6,9,18H,3-4,7-8,10-11H2,1-2H3. The molecule has 1 N–H and O–H groups in total. The van der Waals surface area contributed by atoms with Crippen molar-refractivity contribution in [1.29, 1.82) is 0 Å². The maximum Gasteiger partial charge on any atom is 0.137 e. The van der Waals surface area contributed by atoms with Crippen molar-refractivity contribution in [3.05, 3.63) is 34.1 Å². The third-order valence-corrected chi connectivity index (χ3v) is 4.81. The first-order valence-electron chi connectivity index (χ1n) is 7.00. The van der Waals surface area contributed by atoms with Crippen LogP contribution in [0, 0.1) is 5.82 Å². The van der Waals surface area contributed by atoms with E-state index in [1.54, 1.807) is 0 Å². The molecule has 1 heterocycles. The van der Waals surface area contributed by atoms with Crippen molar-refractivity contribution in [3.63, 3.8) is 0 Å². The van der Waals surface area contributed by atoms with Crippen molar-refractivity contribution in [2.24, 2.45) is 0 Å². The van der Waals surface area contributed by atoms with Crippen LogP contribution in [0.15, 0.2) is 22.7 Å². The van der Waals surface area contributed by atoms with Crippen LogP contribution in [0.3, 0.4) is 0 Å². The topological polar surface area (TPSA) is 15.3 Å². The second-order valence-corrected chi connectivity index (χ2v) is 6.23. The molecule has 0 saturated carbocycles. The zero-order chi connectivity index (χ0) is 13.9. The van der Waals surface area contributed by atoms with E-state index in [1.807, 2.05) is 12.1 Å². The predicted octanol–water partition coefficient (Wildman–Crippen LogP) is 3.55. The fourth-order valence-electron chi connectivity index (χ4n) is 2.80. The summed E-state index contributed by atoms with van der Waals surface area (Å²) in [7, 11) is 0. The van der Waals surface area contributed by atoms with Gasteiger partial charge in [0.05, 0.1) is 4.47 Å². The molecule has 106 valence electrons. The number of nitrogens with zero attached hydrogens (tertiary/aromatic N) is 1. The third-order valence-electron chi connectivity index (χ3n) is 4.20. The van der Waals surface area contributed by atoms with Crippen molar-refractivity contribution in [3.8, 4) is 0 Å². The van der Waals surface area contributed by atoms with Gasteiger partial charge in [-0.25, -0.2) is 4.39 Å². The lowest BCUT2D eigenvalue weighted by Gasteiger charge is -2.43. The van der Waals surface area contributed by atoms with Gasteiger partial charge in [0, 0.05) is 31.7 Å². The molecule has 1 aliphatic heterocycles. The normalized spacial score (nSPS) is 19.6. The maximum atomic E-state index is 13.2. The molecule has 19 heavy (non-hydrogen) atoms. The van der Waals surface area contributed by atoms with Crippen molar-refractivity contribution >= 4 is 15.9 Å². The van der Waals surface area contributed by atoms with Gasteiger partial charge < -0.3 is 5.32 Å². The van der Waals surface area contributed by atoms with E-state index in [-0.39, 0.29) is 11.4 Å². The van der Waals surface area contributed by atoms with Gasteiger partial charge in [0.15, 0.2) is 0 Å². The molecule has 2 rings (SSSR count). The second-order valence-electron chi connectivity index (χ2n) is 5.37. The van der Waals surface area contributed by atoms with Crippen molar-refractivity contribution in [2.45, 2.75) is 38.8 Å². The molecule has 4 heteroatoms. The average Bonchev–Trinajstić information content (AvgIpc) is 2.43. The van der Waals surface area contributed by atoms with Gasteiger partial charge in [-0.1, -0.05) is 19.9 Å². The molecule has 1 aromatic rings. The number of hydrogen-bond donors (Lipinski definition) is 1. The molecule has 0 unspecified atom stereocenters. The Labute approximate surface area is 123 Å². The minimum atomic E-state index is -0.194. The predicted molar refractivity (Wildman–Crippen MR) is 80.7 cm³/mol. The fourth-order valence-corrected chi connectivity index (χ4v) is 3.22. The molecule has 1 aromatic carbocycles. The number of halogens is 2. The van der Waals surface area contributed by atoms with Crippen LogP contribution in [0.2, 0.25) is 0 Å². The van der Waals surface area contributed by atoms with Crippen molar-refractivity contribution in [2.75, 3.05) is 19.6 Å². The SMILES string of the molecule is CCC1(CC)CN(Cc2ccc(F)c(Br)c2)CCN1. The van der Waals surface area contributed by atoms with Crippen LogP contribution in [0.4, 0.5) is 4.39 Å². The first-order chi connectivity index (χ1) is 9.08. The lowest BCUT2D eigenvalue weighted by atomic mass is 9.90. The number of rotatable bonds is 4. The molecular formula is C15H22BrFN2. The van der Waals surface area contributed by atoms with Gasteiger partial charge in [0.25, 0.3) is 0 Å². The second kappa shape index (κ2) is 6.33. The summed E-state index contributed by atoms with van der Waals surface area (Å²) in [5, 5.41) is 3.66. The maximum absolute atomic E-state index is 13.2. The van der Waals surface area contributed by atoms with E-state index in [0.29, 0.717) is 4.47 Å². The van der Waals surface area contributed by atoms with Crippen LogP contribution in [0.25, 0.3) is 0 Å². The smallest absolute Gasteiger partial charge is 0.137 e. The number of hydrogen-bond acceptors (Lipinski definition) is 2. The minimum absolute atomic E-state index is 0.194. The van der Waals surface area contributed by atoms with E-state index in [9.17, 15) is 4.39 Å². The Morgan fingerprint density at radius 3 is 2.74 bits per heavy atom. The highest BCUT2D eigenvalue weighted by atomic mass is 79.9. The molecule has 0 atom stereocenters. The largest absolute Gasteiger partial charge is 0.309 e. The van der Waals surface area contributed by atoms with Gasteiger partial charge >= 0.3 is 0 Å². The first-order valence-corrected chi connectivity index (χ1v) is 7.79. The van der Waals surface area contributed by atoms with Crippen LogP contribution in [-0.4, -0.2) is 30.1 Å². The van der Waals surface area contributed by atoms with Gasteiger partial charge in [-0.05, 0) is 46.5 Å². The van der Waals surface area contributed by atoms with Crippen molar-refractivity contribution in [1.82, 2.24) is 10.2 Å². The Bertz CT molecular complexity index is 432. The molecule has 1 aliphatic rings. The summed E-state index contributed by atoms with van der Waals surface area (Å²) in [6.07, 6.45) is 2.29. The Hall–Kier alpha value is -0.450. The summed E-state index contributed by atoms with van der Waals surface area (Å²) >= 11 is 3.25. The average molecular weight is 329 g/mol. The Morgan fingerprint density at radius 2 is 2.11 bits per heavy atom. The molecule has 1 fully saturated rings. The molecule has 0 bridgehead atoms. The summed E-state index contributed by atoms with van der Waals surface area (Å²) in [5.74, 6) is -0.194. The van der Waals surface area contributed by atoms with Crippen LogP contribution < -0.4 is 5.32 Å². The molecule has 0 radical (unpaired) electrons. The molecule has 0 spiro atoms. The number of benzene rings is 1. The molecule has 0 aliphatic carbocycles. The quantitative estimate of drug-likeness (QED) is 0.909. The van der Waals surface area contributed by atoms with E-state index >= 15 is 0 Å². The lowest BCUT2D eigenvalue weighted by molar-refractivity contribution is 0.118. The lowest BCUT2D eigenvalue weighted by Crippen LogP contribution is -2.59. The van der Waals surface area contributed by atoms with E-state index < -0.39 is 0 Å². The molecule has 1 saturated heterocycles. The number of piperazine rings is 1. The zero-order valence-electron chi connectivity index (χ0n) is 11.7.